The zero-order valence-corrected chi connectivity index (χ0v) is 14.3. The van der Waals surface area contributed by atoms with Crippen molar-refractivity contribution in [2.75, 3.05) is 6.54 Å². The summed E-state index contributed by atoms with van der Waals surface area (Å²) in [6, 6.07) is 0. The Balaban J connectivity index is 3.20. The van der Waals surface area contributed by atoms with Crippen LogP contribution in [0.15, 0.2) is 0 Å². The molecule has 0 aromatic carbocycles. The number of aliphatic carboxylic acids is 1. The van der Waals surface area contributed by atoms with Gasteiger partial charge in [0, 0.05) is 6.54 Å². The van der Waals surface area contributed by atoms with Crippen LogP contribution >= 0.6 is 0 Å². The smallest absolute Gasteiger partial charge is 0.411 e. The Bertz CT molecular complexity index is 424. The number of carbonyl (C=O) groups excluding carboxylic acids is 1. The Morgan fingerprint density at radius 3 is 2.14 bits per heavy atom. The molecule has 5 nitrogen and oxygen atoms in total. The molecule has 1 saturated carbocycles. The number of hydrogen-bond donors (Lipinski definition) is 1. The summed E-state index contributed by atoms with van der Waals surface area (Å²) in [5.74, 6) is -1.05. The van der Waals surface area contributed by atoms with Gasteiger partial charge in [-0.1, -0.05) is 20.8 Å². The molecule has 1 aliphatic carbocycles. The van der Waals surface area contributed by atoms with E-state index >= 15 is 0 Å². The number of nitrogens with zero attached hydrogens (tertiary/aromatic N) is 1. The molecule has 1 N–H and O–H groups in total. The molecular formula is C16H29NO4. The normalized spacial score (nSPS) is 28.2. The lowest BCUT2D eigenvalue weighted by molar-refractivity contribution is -0.154. The van der Waals surface area contributed by atoms with Crippen molar-refractivity contribution in [3.05, 3.63) is 0 Å². The van der Waals surface area contributed by atoms with E-state index in [0.29, 0.717) is 13.0 Å². The minimum atomic E-state index is -1.18. The van der Waals surface area contributed by atoms with Gasteiger partial charge < -0.3 is 9.84 Å². The summed E-state index contributed by atoms with van der Waals surface area (Å²) in [5.41, 5.74) is -1.92. The predicted octanol–water partition coefficient (Wildman–Crippen LogP) is 3.52. The van der Waals surface area contributed by atoms with E-state index in [0.717, 1.165) is 6.42 Å². The van der Waals surface area contributed by atoms with Crippen molar-refractivity contribution in [2.45, 2.75) is 72.4 Å². The van der Waals surface area contributed by atoms with Crippen molar-refractivity contribution >= 4 is 12.1 Å². The fraction of sp³-hybridized carbons (Fsp3) is 0.875. The fourth-order valence-electron chi connectivity index (χ4n) is 3.63. The van der Waals surface area contributed by atoms with Gasteiger partial charge >= 0.3 is 12.1 Å². The number of likely N-dealkylation sites (N-methyl/N-ethyl adjacent to an activating group) is 1. The summed E-state index contributed by atoms with van der Waals surface area (Å²) in [4.78, 5) is 25.9. The molecule has 1 rings (SSSR count). The average Bonchev–Trinajstić information content (AvgIpc) is 2.47. The van der Waals surface area contributed by atoms with E-state index in [4.69, 9.17) is 4.74 Å². The quantitative estimate of drug-likeness (QED) is 0.865. The van der Waals surface area contributed by atoms with Crippen LogP contribution in [0.4, 0.5) is 4.79 Å². The summed E-state index contributed by atoms with van der Waals surface area (Å²) in [5, 5.41) is 9.87. The third-order valence-electron chi connectivity index (χ3n) is 4.20. The Morgan fingerprint density at radius 1 is 1.33 bits per heavy atom. The van der Waals surface area contributed by atoms with Crippen molar-refractivity contribution in [3.63, 3.8) is 0 Å². The molecule has 1 amide bonds. The molecule has 2 unspecified atom stereocenters. The molecule has 0 aromatic heterocycles. The van der Waals surface area contributed by atoms with Crippen molar-refractivity contribution in [1.29, 1.82) is 0 Å². The van der Waals surface area contributed by atoms with Crippen molar-refractivity contribution in [3.8, 4) is 0 Å². The highest BCUT2D eigenvalue weighted by Crippen LogP contribution is 2.50. The average molecular weight is 299 g/mol. The molecule has 0 spiro atoms. The van der Waals surface area contributed by atoms with Crippen LogP contribution in [0.25, 0.3) is 0 Å². The van der Waals surface area contributed by atoms with E-state index in [2.05, 4.69) is 13.8 Å². The van der Waals surface area contributed by atoms with Gasteiger partial charge in [-0.3, -0.25) is 4.90 Å². The Kier molecular flexibility index (Phi) is 4.66. The van der Waals surface area contributed by atoms with Crippen LogP contribution < -0.4 is 0 Å². The van der Waals surface area contributed by atoms with Crippen LogP contribution in [-0.4, -0.2) is 39.8 Å². The third-order valence-corrected chi connectivity index (χ3v) is 4.20. The number of ether oxygens (including phenoxy) is 1. The molecule has 0 aliphatic heterocycles. The molecule has 5 heteroatoms. The number of carbonyl (C=O) groups is 2. The van der Waals surface area contributed by atoms with Gasteiger partial charge in [0.1, 0.15) is 11.1 Å². The molecule has 0 radical (unpaired) electrons. The Hall–Kier alpha value is -1.26. The van der Waals surface area contributed by atoms with Gasteiger partial charge in [-0.05, 0) is 51.9 Å². The van der Waals surface area contributed by atoms with Gasteiger partial charge in [0.2, 0.25) is 0 Å². The number of carboxylic acid groups (broad SMARTS) is 1. The summed E-state index contributed by atoms with van der Waals surface area (Å²) in [7, 11) is 0. The van der Waals surface area contributed by atoms with Gasteiger partial charge in [-0.25, -0.2) is 9.59 Å². The number of amides is 1. The van der Waals surface area contributed by atoms with Crippen molar-refractivity contribution in [1.82, 2.24) is 4.90 Å². The molecule has 0 bridgehead atoms. The zero-order chi connectivity index (χ0) is 16.6. The maximum Gasteiger partial charge on any atom is 0.411 e. The van der Waals surface area contributed by atoms with Crippen LogP contribution in [0.2, 0.25) is 0 Å². The van der Waals surface area contributed by atoms with Gasteiger partial charge in [0.05, 0.1) is 0 Å². The highest BCUT2D eigenvalue weighted by molar-refractivity contribution is 5.85. The van der Waals surface area contributed by atoms with Gasteiger partial charge in [0.15, 0.2) is 0 Å². The molecule has 2 atom stereocenters. The molecule has 122 valence electrons. The van der Waals surface area contributed by atoms with E-state index < -0.39 is 23.2 Å². The lowest BCUT2D eigenvalue weighted by Gasteiger charge is -2.41. The van der Waals surface area contributed by atoms with E-state index in [9.17, 15) is 14.7 Å². The van der Waals surface area contributed by atoms with Gasteiger partial charge in [-0.2, -0.15) is 0 Å². The number of rotatable bonds is 3. The highest BCUT2D eigenvalue weighted by atomic mass is 16.6. The minimum absolute atomic E-state index is 0.104. The van der Waals surface area contributed by atoms with Crippen LogP contribution in [0.3, 0.4) is 0 Å². The van der Waals surface area contributed by atoms with E-state index in [1.165, 1.54) is 4.90 Å². The van der Waals surface area contributed by atoms with E-state index in [1.807, 2.05) is 6.92 Å². The first-order valence-electron chi connectivity index (χ1n) is 7.60. The van der Waals surface area contributed by atoms with Crippen LogP contribution in [-0.2, 0) is 9.53 Å². The Labute approximate surface area is 127 Å². The fourth-order valence-corrected chi connectivity index (χ4v) is 3.63. The number of hydrogen-bond acceptors (Lipinski definition) is 3. The summed E-state index contributed by atoms with van der Waals surface area (Å²) < 4.78 is 5.42. The topological polar surface area (TPSA) is 66.8 Å². The zero-order valence-electron chi connectivity index (χ0n) is 14.3. The lowest BCUT2D eigenvalue weighted by Crippen LogP contribution is -2.59. The van der Waals surface area contributed by atoms with Crippen LogP contribution in [0.1, 0.15) is 61.3 Å². The first kappa shape index (κ1) is 17.8. The second kappa shape index (κ2) is 5.50. The van der Waals surface area contributed by atoms with Crippen LogP contribution in [0, 0.1) is 11.3 Å². The van der Waals surface area contributed by atoms with Gasteiger partial charge in [-0.15, -0.1) is 0 Å². The first-order valence-corrected chi connectivity index (χ1v) is 7.60. The molecule has 0 heterocycles. The van der Waals surface area contributed by atoms with Crippen LogP contribution in [0.5, 0.6) is 0 Å². The minimum Gasteiger partial charge on any atom is -0.479 e. The lowest BCUT2D eigenvalue weighted by atomic mass is 9.84. The first-order chi connectivity index (χ1) is 9.35. The molecular weight excluding hydrogens is 270 g/mol. The van der Waals surface area contributed by atoms with Crippen molar-refractivity contribution < 1.29 is 19.4 Å². The third kappa shape index (κ3) is 3.50. The second-order valence-electron chi connectivity index (χ2n) is 7.90. The van der Waals surface area contributed by atoms with Crippen molar-refractivity contribution in [2.24, 2.45) is 11.3 Å². The Morgan fingerprint density at radius 2 is 1.86 bits per heavy atom. The SMILES string of the molecule is CCN(C(=O)OC(C)(C)C)C1(C(=O)O)CC(C)(C)CC1C. The second-order valence-corrected chi connectivity index (χ2v) is 7.90. The summed E-state index contributed by atoms with van der Waals surface area (Å²) in [6.45, 7) is 13.5. The summed E-state index contributed by atoms with van der Waals surface area (Å²) >= 11 is 0. The molecule has 21 heavy (non-hydrogen) atoms. The largest absolute Gasteiger partial charge is 0.479 e. The predicted molar refractivity (Wildman–Crippen MR) is 81.2 cm³/mol. The van der Waals surface area contributed by atoms with E-state index in [1.54, 1.807) is 27.7 Å². The molecule has 1 aliphatic rings. The standard InChI is InChI=1S/C16H29NO4/c1-8-17(13(20)21-14(3,4)5)16(12(18)19)10-15(6,7)9-11(16)2/h11H,8-10H2,1-7H3,(H,18,19). The molecule has 1 fully saturated rings. The highest BCUT2D eigenvalue weighted by Gasteiger charge is 2.59. The summed E-state index contributed by atoms with van der Waals surface area (Å²) in [6.07, 6.45) is 0.680. The maximum absolute atomic E-state index is 12.5. The van der Waals surface area contributed by atoms with Gasteiger partial charge in [0.25, 0.3) is 0 Å². The molecule has 0 saturated heterocycles. The monoisotopic (exact) mass is 299 g/mol. The van der Waals surface area contributed by atoms with E-state index in [-0.39, 0.29) is 11.3 Å². The molecule has 0 aromatic rings. The number of carboxylic acids is 1. The maximum atomic E-state index is 12.5.